The average Bonchev–Trinajstić information content (AvgIpc) is 2.49. The van der Waals surface area contributed by atoms with Gasteiger partial charge in [-0.1, -0.05) is 54.1 Å². The summed E-state index contributed by atoms with van der Waals surface area (Å²) in [6.45, 7) is 2.25. The van der Waals surface area contributed by atoms with Crippen LogP contribution in [-0.4, -0.2) is 12.1 Å². The van der Waals surface area contributed by atoms with Crippen molar-refractivity contribution >= 4 is 11.6 Å². The zero-order valence-electron chi connectivity index (χ0n) is 12.5. The normalized spacial score (nSPS) is 19.0. The first-order valence-corrected chi connectivity index (χ1v) is 8.16. The summed E-state index contributed by atoms with van der Waals surface area (Å²) in [5.41, 5.74) is 4.26. The SMILES string of the molecule is CC(Cc1ccccc1Cl)NC1CCc2ccccc2C1. The summed E-state index contributed by atoms with van der Waals surface area (Å²) in [6, 6.07) is 18.0. The molecule has 21 heavy (non-hydrogen) atoms. The van der Waals surface area contributed by atoms with Crippen molar-refractivity contribution in [2.75, 3.05) is 0 Å². The number of rotatable bonds is 4. The Labute approximate surface area is 132 Å². The Balaban J connectivity index is 1.59. The Kier molecular flexibility index (Phi) is 4.62. The number of nitrogens with one attached hydrogen (secondary N) is 1. The van der Waals surface area contributed by atoms with E-state index in [1.807, 2.05) is 12.1 Å². The van der Waals surface area contributed by atoms with Gasteiger partial charge in [0.25, 0.3) is 0 Å². The Morgan fingerprint density at radius 2 is 1.81 bits per heavy atom. The van der Waals surface area contributed by atoms with Crippen LogP contribution in [0.1, 0.15) is 30.0 Å². The summed E-state index contributed by atoms with van der Waals surface area (Å²) < 4.78 is 0. The van der Waals surface area contributed by atoms with Crippen molar-refractivity contribution < 1.29 is 0 Å². The lowest BCUT2D eigenvalue weighted by Crippen LogP contribution is -2.41. The Bertz CT molecular complexity index is 608. The van der Waals surface area contributed by atoms with Crippen LogP contribution in [0.3, 0.4) is 0 Å². The van der Waals surface area contributed by atoms with E-state index in [0.29, 0.717) is 12.1 Å². The standard InChI is InChI=1S/C19H22ClN/c1-14(12-17-8-4-5-9-19(17)20)21-18-11-10-15-6-2-3-7-16(15)13-18/h2-9,14,18,21H,10-13H2,1H3. The molecule has 1 aliphatic carbocycles. The lowest BCUT2D eigenvalue weighted by atomic mass is 9.88. The summed E-state index contributed by atoms with van der Waals surface area (Å²) in [5.74, 6) is 0. The van der Waals surface area contributed by atoms with Gasteiger partial charge in [-0.05, 0) is 55.4 Å². The number of hydrogen-bond acceptors (Lipinski definition) is 1. The maximum absolute atomic E-state index is 6.25. The van der Waals surface area contributed by atoms with Gasteiger partial charge in [0.1, 0.15) is 0 Å². The zero-order chi connectivity index (χ0) is 14.7. The van der Waals surface area contributed by atoms with E-state index in [0.717, 1.165) is 17.9 Å². The van der Waals surface area contributed by atoms with Gasteiger partial charge in [0.2, 0.25) is 0 Å². The molecule has 1 nitrogen and oxygen atoms in total. The minimum Gasteiger partial charge on any atom is -0.311 e. The van der Waals surface area contributed by atoms with Gasteiger partial charge in [-0.25, -0.2) is 0 Å². The van der Waals surface area contributed by atoms with E-state index in [-0.39, 0.29) is 0 Å². The van der Waals surface area contributed by atoms with E-state index in [4.69, 9.17) is 11.6 Å². The van der Waals surface area contributed by atoms with Crippen molar-refractivity contribution in [1.29, 1.82) is 0 Å². The van der Waals surface area contributed by atoms with Crippen molar-refractivity contribution in [2.24, 2.45) is 0 Å². The molecule has 3 rings (SSSR count). The molecular formula is C19H22ClN. The van der Waals surface area contributed by atoms with Crippen LogP contribution in [-0.2, 0) is 19.3 Å². The zero-order valence-corrected chi connectivity index (χ0v) is 13.2. The molecule has 0 fully saturated rings. The average molecular weight is 300 g/mol. The van der Waals surface area contributed by atoms with Crippen LogP contribution >= 0.6 is 11.6 Å². The molecule has 0 bridgehead atoms. The molecule has 0 aromatic heterocycles. The quantitative estimate of drug-likeness (QED) is 0.881. The fraction of sp³-hybridized carbons (Fsp3) is 0.368. The summed E-state index contributed by atoms with van der Waals surface area (Å²) in [4.78, 5) is 0. The molecule has 2 aromatic rings. The first-order valence-electron chi connectivity index (χ1n) is 7.78. The van der Waals surface area contributed by atoms with Gasteiger partial charge in [0.05, 0.1) is 0 Å². The van der Waals surface area contributed by atoms with Crippen LogP contribution in [0.15, 0.2) is 48.5 Å². The number of halogens is 1. The van der Waals surface area contributed by atoms with Crippen LogP contribution in [0, 0.1) is 0 Å². The highest BCUT2D eigenvalue weighted by Crippen LogP contribution is 2.22. The smallest absolute Gasteiger partial charge is 0.0438 e. The molecule has 0 heterocycles. The van der Waals surface area contributed by atoms with E-state index in [1.54, 1.807) is 0 Å². The highest BCUT2D eigenvalue weighted by atomic mass is 35.5. The molecule has 1 N–H and O–H groups in total. The van der Waals surface area contributed by atoms with Gasteiger partial charge in [-0.15, -0.1) is 0 Å². The van der Waals surface area contributed by atoms with Gasteiger partial charge in [-0.2, -0.15) is 0 Å². The van der Waals surface area contributed by atoms with Gasteiger partial charge >= 0.3 is 0 Å². The van der Waals surface area contributed by atoms with Crippen LogP contribution in [0.4, 0.5) is 0 Å². The van der Waals surface area contributed by atoms with E-state index < -0.39 is 0 Å². The summed E-state index contributed by atoms with van der Waals surface area (Å²) >= 11 is 6.25. The summed E-state index contributed by atoms with van der Waals surface area (Å²) in [7, 11) is 0. The van der Waals surface area contributed by atoms with Crippen molar-refractivity contribution in [3.05, 3.63) is 70.2 Å². The van der Waals surface area contributed by atoms with E-state index in [1.165, 1.54) is 29.5 Å². The third-order valence-corrected chi connectivity index (χ3v) is 4.72. The predicted octanol–water partition coefficient (Wildman–Crippen LogP) is 4.42. The Hall–Kier alpha value is -1.31. The molecule has 0 amide bonds. The number of aryl methyl sites for hydroxylation is 1. The third kappa shape index (κ3) is 3.66. The number of fused-ring (bicyclic) bond motifs is 1. The first-order chi connectivity index (χ1) is 10.2. The molecule has 0 radical (unpaired) electrons. The minimum absolute atomic E-state index is 0.445. The van der Waals surface area contributed by atoms with Crippen LogP contribution in [0.25, 0.3) is 0 Å². The van der Waals surface area contributed by atoms with Crippen molar-refractivity contribution in [3.63, 3.8) is 0 Å². The molecule has 0 saturated carbocycles. The molecule has 0 spiro atoms. The van der Waals surface area contributed by atoms with Gasteiger partial charge in [0, 0.05) is 17.1 Å². The summed E-state index contributed by atoms with van der Waals surface area (Å²) in [5, 5.41) is 4.65. The van der Waals surface area contributed by atoms with Gasteiger partial charge < -0.3 is 5.32 Å². The molecule has 1 aliphatic rings. The number of hydrogen-bond donors (Lipinski definition) is 1. The Morgan fingerprint density at radius 1 is 1.10 bits per heavy atom. The van der Waals surface area contributed by atoms with E-state index in [9.17, 15) is 0 Å². The van der Waals surface area contributed by atoms with Crippen molar-refractivity contribution in [1.82, 2.24) is 5.32 Å². The second-order valence-corrected chi connectivity index (χ2v) is 6.48. The highest BCUT2D eigenvalue weighted by molar-refractivity contribution is 6.31. The first kappa shape index (κ1) is 14.6. The molecule has 0 saturated heterocycles. The van der Waals surface area contributed by atoms with E-state index >= 15 is 0 Å². The van der Waals surface area contributed by atoms with Gasteiger partial charge in [-0.3, -0.25) is 0 Å². The second-order valence-electron chi connectivity index (χ2n) is 6.07. The molecular weight excluding hydrogens is 278 g/mol. The lowest BCUT2D eigenvalue weighted by Gasteiger charge is -2.28. The maximum atomic E-state index is 6.25. The lowest BCUT2D eigenvalue weighted by molar-refractivity contribution is 0.405. The molecule has 2 heteroatoms. The van der Waals surface area contributed by atoms with Crippen LogP contribution in [0.2, 0.25) is 5.02 Å². The molecule has 2 aromatic carbocycles. The largest absolute Gasteiger partial charge is 0.311 e. The fourth-order valence-corrected chi connectivity index (χ4v) is 3.51. The summed E-state index contributed by atoms with van der Waals surface area (Å²) in [6.07, 6.45) is 4.54. The Morgan fingerprint density at radius 3 is 2.62 bits per heavy atom. The topological polar surface area (TPSA) is 12.0 Å². The third-order valence-electron chi connectivity index (χ3n) is 4.35. The molecule has 110 valence electrons. The van der Waals surface area contributed by atoms with Gasteiger partial charge in [0.15, 0.2) is 0 Å². The molecule has 2 atom stereocenters. The second kappa shape index (κ2) is 6.64. The molecule has 0 aliphatic heterocycles. The monoisotopic (exact) mass is 299 g/mol. The highest BCUT2D eigenvalue weighted by Gasteiger charge is 2.19. The van der Waals surface area contributed by atoms with Crippen LogP contribution in [0.5, 0.6) is 0 Å². The number of benzene rings is 2. The fourth-order valence-electron chi connectivity index (χ4n) is 3.30. The molecule has 2 unspecified atom stereocenters. The predicted molar refractivity (Wildman–Crippen MR) is 90.0 cm³/mol. The van der Waals surface area contributed by atoms with E-state index in [2.05, 4.69) is 48.6 Å². The maximum Gasteiger partial charge on any atom is 0.0438 e. The van der Waals surface area contributed by atoms with Crippen LogP contribution < -0.4 is 5.32 Å². The minimum atomic E-state index is 0.445. The van der Waals surface area contributed by atoms with Crippen molar-refractivity contribution in [3.8, 4) is 0 Å². The van der Waals surface area contributed by atoms with Crippen molar-refractivity contribution in [2.45, 2.75) is 44.7 Å².